The first-order valence-electron chi connectivity index (χ1n) is 14.3. The van der Waals surface area contributed by atoms with Gasteiger partial charge in [0.25, 0.3) is 5.91 Å². The Labute approximate surface area is 247 Å². The molecular weight excluding hydrogens is 538 g/mol. The Kier molecular flexibility index (Phi) is 10.4. The van der Waals surface area contributed by atoms with E-state index in [0.717, 1.165) is 41.5 Å². The van der Waals surface area contributed by atoms with E-state index in [-0.39, 0.29) is 11.8 Å². The second-order valence-electron chi connectivity index (χ2n) is 10.7. The first-order chi connectivity index (χ1) is 19.8. The molecule has 0 spiro atoms. The number of rotatable bonds is 10. The smallest absolute Gasteiger partial charge is 0.406 e. The van der Waals surface area contributed by atoms with E-state index in [2.05, 4.69) is 24.4 Å². The number of alkyl carbamates (subject to hydrolysis) is 1. The molecule has 1 saturated heterocycles. The molecule has 0 radical (unpaired) electrons. The van der Waals surface area contributed by atoms with Gasteiger partial charge < -0.3 is 25.8 Å². The first kappa shape index (κ1) is 30.6. The van der Waals surface area contributed by atoms with E-state index in [1.165, 1.54) is 12.7 Å². The number of aliphatic hydroxyl groups is 1. The molecule has 4 N–H and O–H groups in total. The van der Waals surface area contributed by atoms with E-state index in [9.17, 15) is 14.7 Å². The molecule has 0 aromatic heterocycles. The Bertz CT molecular complexity index is 1350. The molecule has 41 heavy (non-hydrogen) atoms. The summed E-state index contributed by atoms with van der Waals surface area (Å²) in [5.74, 6) is -0.303. The zero-order valence-electron chi connectivity index (χ0n) is 23.9. The number of carbonyl (C=O) groups excluding carboxylic acids is 2. The number of halogens is 1. The van der Waals surface area contributed by atoms with Crippen LogP contribution in [0.15, 0.2) is 66.7 Å². The molecule has 4 rings (SSSR count). The van der Waals surface area contributed by atoms with E-state index in [1.807, 2.05) is 59.5 Å². The molecule has 3 aromatic rings. The maximum absolute atomic E-state index is 13.5. The number of ether oxygens (including phenoxy) is 1. The summed E-state index contributed by atoms with van der Waals surface area (Å²) in [5.41, 5.74) is 9.66. The van der Waals surface area contributed by atoms with E-state index >= 15 is 0 Å². The fourth-order valence-electron chi connectivity index (χ4n) is 5.82. The lowest BCUT2D eigenvalue weighted by Crippen LogP contribution is -2.48. The van der Waals surface area contributed by atoms with Gasteiger partial charge in [0.05, 0.1) is 12.7 Å². The third-order valence-electron chi connectivity index (χ3n) is 8.11. The highest BCUT2D eigenvalue weighted by Gasteiger charge is 2.43. The van der Waals surface area contributed by atoms with Crippen LogP contribution in [-0.2, 0) is 23.3 Å². The highest BCUT2D eigenvalue weighted by molar-refractivity contribution is 6.33. The molecule has 0 aliphatic carbocycles. The number of likely N-dealkylation sites (tertiary alicyclic amines) is 1. The van der Waals surface area contributed by atoms with Gasteiger partial charge in [-0.2, -0.15) is 0 Å². The summed E-state index contributed by atoms with van der Waals surface area (Å²) in [5, 5.41) is 16.0. The first-order valence-corrected chi connectivity index (χ1v) is 14.7. The lowest BCUT2D eigenvalue weighted by molar-refractivity contribution is -0.0563. The standard InChI is InChI=1S/C33H40ClN3O4/c1-3-23-8-4-9-26(20-23)30-28(11-5-12-29(30)34)33(40,17-7-18-36-32(39)41-2)27-10-6-19-37(22-27)31(38)25-15-13-24(21-35)14-16-25/h4-5,8-9,11-16,20,27,40H,3,6-7,10,17-19,21-22,35H2,1-2H3,(H,36,39). The van der Waals surface area contributed by atoms with E-state index in [4.69, 9.17) is 22.1 Å². The highest BCUT2D eigenvalue weighted by Crippen LogP contribution is 2.45. The fourth-order valence-corrected chi connectivity index (χ4v) is 6.11. The zero-order valence-corrected chi connectivity index (χ0v) is 24.6. The average Bonchev–Trinajstić information content (AvgIpc) is 3.02. The second-order valence-corrected chi connectivity index (χ2v) is 11.1. The zero-order chi connectivity index (χ0) is 29.4. The minimum Gasteiger partial charge on any atom is -0.453 e. The molecule has 1 heterocycles. The van der Waals surface area contributed by atoms with Crippen molar-refractivity contribution < 1.29 is 19.4 Å². The summed E-state index contributed by atoms with van der Waals surface area (Å²) < 4.78 is 4.71. The molecule has 2 unspecified atom stereocenters. The van der Waals surface area contributed by atoms with Crippen LogP contribution in [0.5, 0.6) is 0 Å². The number of amides is 2. The molecule has 0 saturated carbocycles. The predicted molar refractivity (Wildman–Crippen MR) is 163 cm³/mol. The van der Waals surface area contributed by atoms with Crippen molar-refractivity contribution in [2.75, 3.05) is 26.7 Å². The number of nitrogens with two attached hydrogens (primary N) is 1. The van der Waals surface area contributed by atoms with Gasteiger partial charge >= 0.3 is 6.09 Å². The maximum atomic E-state index is 13.5. The quantitative estimate of drug-likeness (QED) is 0.260. The summed E-state index contributed by atoms with van der Waals surface area (Å²) >= 11 is 6.85. The second kappa shape index (κ2) is 14.0. The van der Waals surface area contributed by atoms with Gasteiger partial charge in [0.2, 0.25) is 0 Å². The van der Waals surface area contributed by atoms with Crippen molar-refractivity contribution >= 4 is 23.6 Å². The Morgan fingerprint density at radius 3 is 2.59 bits per heavy atom. The third kappa shape index (κ3) is 7.10. The summed E-state index contributed by atoms with van der Waals surface area (Å²) in [6.07, 6.45) is 2.76. The lowest BCUT2D eigenvalue weighted by Gasteiger charge is -2.44. The number of nitrogens with zero attached hydrogens (tertiary/aromatic N) is 1. The van der Waals surface area contributed by atoms with Crippen LogP contribution in [0, 0.1) is 5.92 Å². The Hall–Kier alpha value is -3.39. The number of benzene rings is 3. The van der Waals surface area contributed by atoms with E-state index < -0.39 is 11.7 Å². The number of piperidine rings is 1. The third-order valence-corrected chi connectivity index (χ3v) is 8.43. The summed E-state index contributed by atoms with van der Waals surface area (Å²) in [6.45, 7) is 3.89. The fraction of sp³-hybridized carbons (Fsp3) is 0.394. The minimum absolute atomic E-state index is 0.0602. The van der Waals surface area contributed by atoms with Crippen molar-refractivity contribution in [3.8, 4) is 11.1 Å². The van der Waals surface area contributed by atoms with Crippen LogP contribution in [-0.4, -0.2) is 48.8 Å². The topological polar surface area (TPSA) is 105 Å². The van der Waals surface area contributed by atoms with E-state index in [1.54, 1.807) is 0 Å². The summed E-state index contributed by atoms with van der Waals surface area (Å²) in [7, 11) is 1.32. The monoisotopic (exact) mass is 577 g/mol. The van der Waals surface area contributed by atoms with Crippen molar-refractivity contribution in [2.24, 2.45) is 11.7 Å². The molecule has 8 heteroatoms. The molecule has 2 atom stereocenters. The summed E-state index contributed by atoms with van der Waals surface area (Å²) in [4.78, 5) is 27.0. The number of carbonyl (C=O) groups is 2. The molecule has 2 amide bonds. The van der Waals surface area contributed by atoms with Crippen molar-refractivity contribution in [3.63, 3.8) is 0 Å². The largest absolute Gasteiger partial charge is 0.453 e. The van der Waals surface area contributed by atoms with Crippen LogP contribution in [0.2, 0.25) is 5.02 Å². The van der Waals surface area contributed by atoms with Gasteiger partial charge in [-0.1, -0.05) is 67.1 Å². The molecule has 1 fully saturated rings. The summed E-state index contributed by atoms with van der Waals surface area (Å²) in [6, 6.07) is 21.3. The van der Waals surface area contributed by atoms with Crippen LogP contribution in [0.25, 0.3) is 11.1 Å². The SMILES string of the molecule is CCc1cccc(-c2c(Cl)cccc2C(O)(CCCNC(=O)OC)C2CCCN(C(=O)c3ccc(CN)cc3)C2)c1. The van der Waals surface area contributed by atoms with Gasteiger partial charge in [-0.05, 0) is 72.6 Å². The normalized spacial score (nSPS) is 16.6. The van der Waals surface area contributed by atoms with Gasteiger partial charge in [-0.25, -0.2) is 4.79 Å². The molecule has 3 aromatic carbocycles. The van der Waals surface area contributed by atoms with Crippen LogP contribution < -0.4 is 11.1 Å². The Morgan fingerprint density at radius 2 is 1.88 bits per heavy atom. The van der Waals surface area contributed by atoms with Crippen molar-refractivity contribution in [1.29, 1.82) is 0 Å². The van der Waals surface area contributed by atoms with Crippen LogP contribution in [0.4, 0.5) is 4.79 Å². The van der Waals surface area contributed by atoms with Crippen molar-refractivity contribution in [3.05, 3.63) is 94.0 Å². The van der Waals surface area contributed by atoms with Crippen LogP contribution in [0.3, 0.4) is 0 Å². The Balaban J connectivity index is 1.70. The van der Waals surface area contributed by atoms with Gasteiger partial charge in [0.15, 0.2) is 0 Å². The molecule has 1 aliphatic heterocycles. The van der Waals surface area contributed by atoms with Crippen LogP contribution >= 0.6 is 11.6 Å². The average molecular weight is 578 g/mol. The van der Waals surface area contributed by atoms with Gasteiger partial charge in [0.1, 0.15) is 0 Å². The Morgan fingerprint density at radius 1 is 1.12 bits per heavy atom. The lowest BCUT2D eigenvalue weighted by atomic mass is 9.72. The molecule has 0 bridgehead atoms. The predicted octanol–water partition coefficient (Wildman–Crippen LogP) is 5.90. The van der Waals surface area contributed by atoms with Crippen molar-refractivity contribution in [2.45, 2.75) is 51.2 Å². The molecule has 7 nitrogen and oxygen atoms in total. The van der Waals surface area contributed by atoms with E-state index in [0.29, 0.717) is 49.6 Å². The number of nitrogens with one attached hydrogen (secondary N) is 1. The maximum Gasteiger partial charge on any atom is 0.406 e. The van der Waals surface area contributed by atoms with Gasteiger partial charge in [-0.3, -0.25) is 4.79 Å². The highest BCUT2D eigenvalue weighted by atomic mass is 35.5. The van der Waals surface area contributed by atoms with Gasteiger partial charge in [-0.15, -0.1) is 0 Å². The van der Waals surface area contributed by atoms with Gasteiger partial charge in [0, 0.05) is 48.2 Å². The van der Waals surface area contributed by atoms with Crippen molar-refractivity contribution in [1.82, 2.24) is 10.2 Å². The number of aryl methyl sites for hydroxylation is 1. The molecular formula is C33H40ClN3O4. The van der Waals surface area contributed by atoms with Crippen LogP contribution in [0.1, 0.15) is 59.7 Å². The number of methoxy groups -OCH3 is 1. The molecule has 1 aliphatic rings. The minimum atomic E-state index is -1.30. The number of hydrogen-bond donors (Lipinski definition) is 3. The number of hydrogen-bond acceptors (Lipinski definition) is 5. The molecule has 218 valence electrons.